The number of rotatable bonds is 5. The minimum absolute atomic E-state index is 0.0655. The van der Waals surface area contributed by atoms with Crippen molar-refractivity contribution in [3.63, 3.8) is 0 Å². The average molecular weight is 256 g/mol. The molecule has 0 unspecified atom stereocenters. The molecular weight excluding hydrogens is 238 g/mol. The summed E-state index contributed by atoms with van der Waals surface area (Å²) in [5.74, 6) is -3.44. The Balaban J connectivity index is 2.85. The van der Waals surface area contributed by atoms with Gasteiger partial charge in [-0.2, -0.15) is 0 Å². The van der Waals surface area contributed by atoms with Crippen molar-refractivity contribution in [1.82, 2.24) is 0 Å². The lowest BCUT2D eigenvalue weighted by atomic mass is 9.98. The molecule has 0 aliphatic rings. The molecule has 0 aliphatic carbocycles. The van der Waals surface area contributed by atoms with Crippen LogP contribution in [0.4, 0.5) is 8.78 Å². The first kappa shape index (κ1) is 14.6. The molecule has 0 fully saturated rings. The molecule has 0 heterocycles. The van der Waals surface area contributed by atoms with Gasteiger partial charge in [0.2, 0.25) is 0 Å². The van der Waals surface area contributed by atoms with E-state index >= 15 is 0 Å². The minimum atomic E-state index is -2.86. The van der Waals surface area contributed by atoms with E-state index in [-0.39, 0.29) is 24.5 Å². The highest BCUT2D eigenvalue weighted by molar-refractivity contribution is 5.89. The summed E-state index contributed by atoms with van der Waals surface area (Å²) in [7, 11) is 0. The van der Waals surface area contributed by atoms with Gasteiger partial charge in [0.1, 0.15) is 0 Å². The molecular formula is C14H18F2O2. The fraction of sp³-hybridized carbons (Fsp3) is 0.500. The zero-order valence-corrected chi connectivity index (χ0v) is 10.9. The molecule has 0 saturated carbocycles. The van der Waals surface area contributed by atoms with Crippen LogP contribution >= 0.6 is 0 Å². The average Bonchev–Trinajstić information content (AvgIpc) is 2.28. The molecule has 0 aliphatic heterocycles. The fourth-order valence-corrected chi connectivity index (χ4v) is 1.70. The van der Waals surface area contributed by atoms with E-state index in [1.807, 2.05) is 0 Å². The number of esters is 1. The molecule has 0 spiro atoms. The van der Waals surface area contributed by atoms with Crippen molar-refractivity contribution < 1.29 is 18.3 Å². The maximum Gasteiger partial charge on any atom is 0.338 e. The summed E-state index contributed by atoms with van der Waals surface area (Å²) < 4.78 is 32.3. The predicted octanol–water partition coefficient (Wildman–Crippen LogP) is 4.00. The second-order valence-electron chi connectivity index (χ2n) is 4.60. The van der Waals surface area contributed by atoms with Crippen molar-refractivity contribution in [1.29, 1.82) is 0 Å². The van der Waals surface area contributed by atoms with Crippen molar-refractivity contribution >= 4 is 5.97 Å². The summed E-state index contributed by atoms with van der Waals surface area (Å²) in [5, 5.41) is 0. The van der Waals surface area contributed by atoms with Gasteiger partial charge in [-0.15, -0.1) is 0 Å². The van der Waals surface area contributed by atoms with Crippen molar-refractivity contribution in [2.24, 2.45) is 5.92 Å². The lowest BCUT2D eigenvalue weighted by molar-refractivity contribution is -0.0249. The smallest absolute Gasteiger partial charge is 0.338 e. The number of carbonyl (C=O) groups is 1. The molecule has 1 aromatic rings. The Bertz CT molecular complexity index is 397. The molecule has 18 heavy (non-hydrogen) atoms. The van der Waals surface area contributed by atoms with Crippen LogP contribution in [0.15, 0.2) is 24.3 Å². The molecule has 0 N–H and O–H groups in total. The maximum atomic E-state index is 13.8. The zero-order valence-electron chi connectivity index (χ0n) is 10.9. The molecule has 0 saturated heterocycles. The standard InChI is InChI=1S/C14H18F2O2/c1-4-18-13(17)11-5-7-12(8-6-11)14(15,16)9-10(2)3/h5-8,10H,4,9H2,1-3H3. The van der Waals surface area contributed by atoms with Crippen LogP contribution < -0.4 is 0 Å². The summed E-state index contributed by atoms with van der Waals surface area (Å²) in [6, 6.07) is 5.33. The van der Waals surface area contributed by atoms with Gasteiger partial charge in [0.25, 0.3) is 5.92 Å². The number of carbonyl (C=O) groups excluding carboxylic acids is 1. The van der Waals surface area contributed by atoms with E-state index in [2.05, 4.69) is 0 Å². The predicted molar refractivity (Wildman–Crippen MR) is 65.7 cm³/mol. The maximum absolute atomic E-state index is 13.8. The van der Waals surface area contributed by atoms with Gasteiger partial charge < -0.3 is 4.74 Å². The first-order chi connectivity index (χ1) is 8.36. The second kappa shape index (κ2) is 5.94. The van der Waals surface area contributed by atoms with Crippen LogP contribution in [0.25, 0.3) is 0 Å². The fourth-order valence-electron chi connectivity index (χ4n) is 1.70. The Morgan fingerprint density at radius 1 is 1.28 bits per heavy atom. The molecule has 0 radical (unpaired) electrons. The third-order valence-corrected chi connectivity index (χ3v) is 2.48. The number of ether oxygens (including phenoxy) is 1. The minimum Gasteiger partial charge on any atom is -0.462 e. The summed E-state index contributed by atoms with van der Waals surface area (Å²) in [4.78, 5) is 11.4. The van der Waals surface area contributed by atoms with Crippen LogP contribution in [0.1, 0.15) is 43.1 Å². The van der Waals surface area contributed by atoms with Crippen molar-refractivity contribution in [2.45, 2.75) is 33.1 Å². The summed E-state index contributed by atoms with van der Waals surface area (Å²) in [6.45, 7) is 5.47. The van der Waals surface area contributed by atoms with Gasteiger partial charge in [0.15, 0.2) is 0 Å². The van der Waals surface area contributed by atoms with Gasteiger partial charge in [-0.3, -0.25) is 0 Å². The van der Waals surface area contributed by atoms with Crippen LogP contribution in [0.3, 0.4) is 0 Å². The van der Waals surface area contributed by atoms with E-state index in [9.17, 15) is 13.6 Å². The SMILES string of the molecule is CCOC(=O)c1ccc(C(F)(F)CC(C)C)cc1. The summed E-state index contributed by atoms with van der Waals surface area (Å²) >= 11 is 0. The van der Waals surface area contributed by atoms with Gasteiger partial charge in [-0.25, -0.2) is 13.6 Å². The highest BCUT2D eigenvalue weighted by Crippen LogP contribution is 2.34. The summed E-state index contributed by atoms with van der Waals surface area (Å²) in [6.07, 6.45) is -0.203. The van der Waals surface area contributed by atoms with Crippen molar-refractivity contribution in [3.05, 3.63) is 35.4 Å². The van der Waals surface area contributed by atoms with Gasteiger partial charge in [-0.1, -0.05) is 26.0 Å². The normalized spacial score (nSPS) is 11.7. The van der Waals surface area contributed by atoms with Gasteiger partial charge >= 0.3 is 5.97 Å². The first-order valence-corrected chi connectivity index (χ1v) is 6.02. The number of hydrogen-bond acceptors (Lipinski definition) is 2. The van der Waals surface area contributed by atoms with Crippen LogP contribution in [0.5, 0.6) is 0 Å². The Labute approximate surface area is 106 Å². The van der Waals surface area contributed by atoms with E-state index in [1.165, 1.54) is 24.3 Å². The third-order valence-electron chi connectivity index (χ3n) is 2.48. The van der Waals surface area contributed by atoms with Crippen molar-refractivity contribution in [3.8, 4) is 0 Å². The van der Waals surface area contributed by atoms with Crippen LogP contribution in [0, 0.1) is 5.92 Å². The van der Waals surface area contributed by atoms with E-state index in [1.54, 1.807) is 20.8 Å². The third kappa shape index (κ3) is 3.79. The van der Waals surface area contributed by atoms with Crippen LogP contribution in [0.2, 0.25) is 0 Å². The Morgan fingerprint density at radius 2 is 1.83 bits per heavy atom. The molecule has 1 rings (SSSR count). The topological polar surface area (TPSA) is 26.3 Å². The number of hydrogen-bond donors (Lipinski definition) is 0. The zero-order chi connectivity index (χ0) is 13.8. The Kier molecular flexibility index (Phi) is 4.82. The molecule has 0 bridgehead atoms. The second-order valence-corrected chi connectivity index (χ2v) is 4.60. The lowest BCUT2D eigenvalue weighted by Crippen LogP contribution is -2.16. The molecule has 0 atom stereocenters. The van der Waals surface area contributed by atoms with Gasteiger partial charge in [-0.05, 0) is 25.0 Å². The molecule has 4 heteroatoms. The van der Waals surface area contributed by atoms with Gasteiger partial charge in [0.05, 0.1) is 12.2 Å². The van der Waals surface area contributed by atoms with Gasteiger partial charge in [0, 0.05) is 12.0 Å². The number of halogens is 2. The molecule has 0 amide bonds. The highest BCUT2D eigenvalue weighted by atomic mass is 19.3. The molecule has 100 valence electrons. The lowest BCUT2D eigenvalue weighted by Gasteiger charge is -2.19. The van der Waals surface area contributed by atoms with E-state index in [4.69, 9.17) is 4.74 Å². The molecule has 1 aromatic carbocycles. The van der Waals surface area contributed by atoms with E-state index in [0.717, 1.165) is 0 Å². The number of alkyl halides is 2. The van der Waals surface area contributed by atoms with E-state index in [0.29, 0.717) is 5.56 Å². The van der Waals surface area contributed by atoms with Crippen molar-refractivity contribution in [2.75, 3.05) is 6.61 Å². The highest BCUT2D eigenvalue weighted by Gasteiger charge is 2.32. The molecule has 2 nitrogen and oxygen atoms in total. The first-order valence-electron chi connectivity index (χ1n) is 6.02. The van der Waals surface area contributed by atoms with Crippen LogP contribution in [-0.2, 0) is 10.7 Å². The van der Waals surface area contributed by atoms with E-state index < -0.39 is 11.9 Å². The largest absolute Gasteiger partial charge is 0.462 e. The Hall–Kier alpha value is -1.45. The quantitative estimate of drug-likeness (QED) is 0.744. The molecule has 0 aromatic heterocycles. The Morgan fingerprint density at radius 3 is 2.28 bits per heavy atom. The summed E-state index contributed by atoms with van der Waals surface area (Å²) in [5.41, 5.74) is 0.227. The monoisotopic (exact) mass is 256 g/mol. The number of benzene rings is 1. The van der Waals surface area contributed by atoms with Crippen LogP contribution in [-0.4, -0.2) is 12.6 Å².